The van der Waals surface area contributed by atoms with E-state index in [1.165, 1.54) is 32.1 Å². The first-order valence-electron chi connectivity index (χ1n) is 8.58. The van der Waals surface area contributed by atoms with Crippen molar-refractivity contribution in [3.63, 3.8) is 0 Å². The average molecular weight is 281 g/mol. The molecule has 1 atom stereocenters. The molecule has 0 bridgehead atoms. The van der Waals surface area contributed by atoms with Crippen LogP contribution in [0.4, 0.5) is 4.79 Å². The normalized spacial score (nSPS) is 23.8. The topological polar surface area (TPSA) is 44.4 Å². The third kappa shape index (κ3) is 4.97. The van der Waals surface area contributed by atoms with E-state index in [0.717, 1.165) is 45.3 Å². The lowest BCUT2D eigenvalue weighted by Gasteiger charge is -2.30. The van der Waals surface area contributed by atoms with Gasteiger partial charge in [-0.05, 0) is 38.6 Å². The molecule has 4 nitrogen and oxygen atoms in total. The first-order chi connectivity index (χ1) is 9.79. The molecule has 0 spiro atoms. The van der Waals surface area contributed by atoms with Crippen molar-refractivity contribution in [2.24, 2.45) is 0 Å². The molecular weight excluding hydrogens is 250 g/mol. The molecule has 1 heterocycles. The van der Waals surface area contributed by atoms with E-state index in [-0.39, 0.29) is 6.03 Å². The molecule has 2 amide bonds. The first kappa shape index (κ1) is 15.6. The Morgan fingerprint density at radius 2 is 2.00 bits per heavy atom. The lowest BCUT2D eigenvalue weighted by atomic mass is 9.96. The second-order valence-corrected chi connectivity index (χ2v) is 6.38. The number of amides is 2. The maximum Gasteiger partial charge on any atom is 0.317 e. The highest BCUT2D eigenvalue weighted by atomic mass is 16.2. The van der Waals surface area contributed by atoms with Gasteiger partial charge in [-0.3, -0.25) is 0 Å². The summed E-state index contributed by atoms with van der Waals surface area (Å²) in [6.07, 6.45) is 10.9. The van der Waals surface area contributed by atoms with Gasteiger partial charge in [-0.25, -0.2) is 4.79 Å². The van der Waals surface area contributed by atoms with Gasteiger partial charge in [-0.2, -0.15) is 0 Å². The van der Waals surface area contributed by atoms with E-state index in [4.69, 9.17) is 0 Å². The van der Waals surface area contributed by atoms with E-state index in [1.807, 2.05) is 4.90 Å². The van der Waals surface area contributed by atoms with Crippen molar-refractivity contribution in [1.29, 1.82) is 0 Å². The molecule has 1 saturated carbocycles. The minimum absolute atomic E-state index is 0.166. The zero-order valence-corrected chi connectivity index (χ0v) is 13.0. The third-order valence-corrected chi connectivity index (χ3v) is 4.60. The molecule has 0 aromatic carbocycles. The van der Waals surface area contributed by atoms with Crippen LogP contribution in [0.2, 0.25) is 0 Å². The van der Waals surface area contributed by atoms with Gasteiger partial charge in [-0.15, -0.1) is 0 Å². The molecule has 1 aliphatic heterocycles. The molecule has 20 heavy (non-hydrogen) atoms. The summed E-state index contributed by atoms with van der Waals surface area (Å²) in [4.78, 5) is 14.5. The van der Waals surface area contributed by atoms with Gasteiger partial charge in [0.25, 0.3) is 0 Å². The number of rotatable bonds is 6. The predicted octanol–water partition coefficient (Wildman–Crippen LogP) is 2.88. The highest BCUT2D eigenvalue weighted by Gasteiger charge is 2.23. The van der Waals surface area contributed by atoms with E-state index in [1.54, 1.807) is 0 Å². The summed E-state index contributed by atoms with van der Waals surface area (Å²) < 4.78 is 0. The fourth-order valence-electron chi connectivity index (χ4n) is 3.32. The molecule has 1 unspecified atom stereocenters. The second-order valence-electron chi connectivity index (χ2n) is 6.38. The van der Waals surface area contributed by atoms with Gasteiger partial charge >= 0.3 is 6.03 Å². The molecule has 1 saturated heterocycles. The monoisotopic (exact) mass is 281 g/mol. The number of hydrogen-bond acceptors (Lipinski definition) is 2. The van der Waals surface area contributed by atoms with E-state index in [9.17, 15) is 4.79 Å². The number of unbranched alkanes of at least 4 members (excludes halogenated alkanes) is 1. The summed E-state index contributed by atoms with van der Waals surface area (Å²) in [5, 5.41) is 6.76. The van der Waals surface area contributed by atoms with Crippen molar-refractivity contribution in [2.75, 3.05) is 19.6 Å². The van der Waals surface area contributed by atoms with Crippen molar-refractivity contribution in [2.45, 2.75) is 76.8 Å². The number of urea groups is 1. The van der Waals surface area contributed by atoms with Gasteiger partial charge < -0.3 is 15.5 Å². The average Bonchev–Trinajstić information content (AvgIpc) is 2.97. The summed E-state index contributed by atoms with van der Waals surface area (Å²) in [6, 6.07) is 1.08. The van der Waals surface area contributed by atoms with Crippen LogP contribution < -0.4 is 10.6 Å². The van der Waals surface area contributed by atoms with E-state index in [0.29, 0.717) is 12.1 Å². The second kappa shape index (κ2) is 8.50. The van der Waals surface area contributed by atoms with Crippen molar-refractivity contribution in [3.05, 3.63) is 0 Å². The largest absolute Gasteiger partial charge is 0.335 e. The van der Waals surface area contributed by atoms with E-state index in [2.05, 4.69) is 17.6 Å². The summed E-state index contributed by atoms with van der Waals surface area (Å²) in [7, 11) is 0. The molecule has 2 aliphatic rings. The van der Waals surface area contributed by atoms with Gasteiger partial charge in [0, 0.05) is 25.2 Å². The molecule has 4 heteroatoms. The summed E-state index contributed by atoms with van der Waals surface area (Å²) in [6.45, 7) is 5.06. The van der Waals surface area contributed by atoms with Crippen LogP contribution >= 0.6 is 0 Å². The van der Waals surface area contributed by atoms with Crippen LogP contribution in [0.3, 0.4) is 0 Å². The van der Waals surface area contributed by atoms with Crippen LogP contribution in [0.15, 0.2) is 0 Å². The Morgan fingerprint density at radius 1 is 1.20 bits per heavy atom. The van der Waals surface area contributed by atoms with Crippen LogP contribution in [0, 0.1) is 0 Å². The summed E-state index contributed by atoms with van der Waals surface area (Å²) in [5.41, 5.74) is 0. The molecule has 1 aliphatic carbocycles. The Balaban J connectivity index is 1.81. The molecular formula is C16H31N3O. The van der Waals surface area contributed by atoms with Crippen molar-refractivity contribution < 1.29 is 4.79 Å². The molecule has 0 aromatic rings. The fraction of sp³-hybridized carbons (Fsp3) is 0.938. The Hall–Kier alpha value is -0.770. The Kier molecular flexibility index (Phi) is 6.64. The van der Waals surface area contributed by atoms with Crippen LogP contribution in [-0.2, 0) is 0 Å². The van der Waals surface area contributed by atoms with Crippen LogP contribution in [-0.4, -0.2) is 42.6 Å². The highest BCUT2D eigenvalue weighted by Crippen LogP contribution is 2.18. The number of hydrogen-bond donors (Lipinski definition) is 2. The number of nitrogens with one attached hydrogen (secondary N) is 2. The molecule has 0 aromatic heterocycles. The predicted molar refractivity (Wildman–Crippen MR) is 82.9 cm³/mol. The number of carbonyl (C=O) groups excluding carboxylic acids is 1. The molecule has 116 valence electrons. The minimum atomic E-state index is 0.166. The number of nitrogens with zero attached hydrogens (tertiary/aromatic N) is 1. The third-order valence-electron chi connectivity index (χ3n) is 4.60. The maximum absolute atomic E-state index is 12.5. The van der Waals surface area contributed by atoms with Gasteiger partial charge in [0.15, 0.2) is 0 Å². The Labute approximate surface area is 123 Å². The van der Waals surface area contributed by atoms with Crippen molar-refractivity contribution >= 4 is 6.03 Å². The van der Waals surface area contributed by atoms with Gasteiger partial charge in [0.2, 0.25) is 0 Å². The van der Waals surface area contributed by atoms with Crippen LogP contribution in [0.1, 0.15) is 64.7 Å². The van der Waals surface area contributed by atoms with Crippen molar-refractivity contribution in [1.82, 2.24) is 15.5 Å². The zero-order chi connectivity index (χ0) is 14.2. The van der Waals surface area contributed by atoms with Gasteiger partial charge in [-0.1, -0.05) is 32.6 Å². The van der Waals surface area contributed by atoms with E-state index >= 15 is 0 Å². The van der Waals surface area contributed by atoms with Crippen LogP contribution in [0.25, 0.3) is 0 Å². The Morgan fingerprint density at radius 3 is 2.65 bits per heavy atom. The smallest absolute Gasteiger partial charge is 0.317 e. The fourth-order valence-corrected chi connectivity index (χ4v) is 3.32. The lowest BCUT2D eigenvalue weighted by molar-refractivity contribution is 0.184. The highest BCUT2D eigenvalue weighted by molar-refractivity contribution is 5.74. The summed E-state index contributed by atoms with van der Waals surface area (Å²) in [5.74, 6) is 0. The van der Waals surface area contributed by atoms with Gasteiger partial charge in [0.05, 0.1) is 0 Å². The molecule has 2 rings (SSSR count). The SMILES string of the molecule is CCCCN(CC1CCCN1)C(=O)NC1CCCCC1. The van der Waals surface area contributed by atoms with Gasteiger partial charge in [0.1, 0.15) is 0 Å². The van der Waals surface area contributed by atoms with Crippen molar-refractivity contribution in [3.8, 4) is 0 Å². The Bertz CT molecular complexity index is 283. The minimum Gasteiger partial charge on any atom is -0.335 e. The first-order valence-corrected chi connectivity index (χ1v) is 8.58. The zero-order valence-electron chi connectivity index (χ0n) is 13.0. The quantitative estimate of drug-likeness (QED) is 0.786. The van der Waals surface area contributed by atoms with Crippen LogP contribution in [0.5, 0.6) is 0 Å². The molecule has 2 N–H and O–H groups in total. The molecule has 2 fully saturated rings. The lowest BCUT2D eigenvalue weighted by Crippen LogP contribution is -2.49. The number of carbonyl (C=O) groups is 1. The standard InChI is InChI=1S/C16H31N3O/c1-2-3-12-19(13-15-10-7-11-17-15)16(20)18-14-8-5-4-6-9-14/h14-15,17H,2-13H2,1H3,(H,18,20). The summed E-state index contributed by atoms with van der Waals surface area (Å²) >= 11 is 0. The molecule has 0 radical (unpaired) electrons. The maximum atomic E-state index is 12.5. The van der Waals surface area contributed by atoms with E-state index < -0.39 is 0 Å².